The number of aromatic amines is 1. The van der Waals surface area contributed by atoms with Crippen LogP contribution in [0.15, 0.2) is 24.4 Å². The second-order valence-electron chi connectivity index (χ2n) is 3.91. The standard InChI is InChI=1S/C12H9Cl2N5O/c1-15-12-17-10-7(5-16-19-10)11(18-12)20-6-2-3-8(13)9(14)4-6/h2-5H,1H3,(H2,15,16,17,18,19). The molecule has 0 aliphatic carbocycles. The molecule has 0 saturated carbocycles. The molecule has 0 aliphatic rings. The number of H-pyrrole nitrogens is 1. The number of ether oxygens (including phenoxy) is 1. The highest BCUT2D eigenvalue weighted by atomic mass is 35.5. The van der Waals surface area contributed by atoms with Gasteiger partial charge >= 0.3 is 0 Å². The molecule has 0 radical (unpaired) electrons. The Morgan fingerprint density at radius 1 is 1.20 bits per heavy atom. The fraction of sp³-hybridized carbons (Fsp3) is 0.0833. The molecule has 102 valence electrons. The lowest BCUT2D eigenvalue weighted by Crippen LogP contribution is -1.99. The number of hydrogen-bond donors (Lipinski definition) is 2. The van der Waals surface area contributed by atoms with Gasteiger partial charge in [0, 0.05) is 13.1 Å². The molecule has 20 heavy (non-hydrogen) atoms. The van der Waals surface area contributed by atoms with Crippen molar-refractivity contribution in [2.24, 2.45) is 0 Å². The van der Waals surface area contributed by atoms with Crippen LogP contribution < -0.4 is 10.1 Å². The number of aromatic nitrogens is 4. The van der Waals surface area contributed by atoms with Gasteiger partial charge in [0.25, 0.3) is 0 Å². The molecule has 2 aromatic heterocycles. The van der Waals surface area contributed by atoms with Gasteiger partial charge in [-0.25, -0.2) is 0 Å². The van der Waals surface area contributed by atoms with Gasteiger partial charge in [0.15, 0.2) is 5.65 Å². The molecule has 0 unspecified atom stereocenters. The molecule has 8 heteroatoms. The first-order valence-electron chi connectivity index (χ1n) is 5.69. The first-order chi connectivity index (χ1) is 9.67. The van der Waals surface area contributed by atoms with Crippen LogP contribution >= 0.6 is 23.2 Å². The molecule has 0 aliphatic heterocycles. The van der Waals surface area contributed by atoms with E-state index in [0.717, 1.165) is 0 Å². The van der Waals surface area contributed by atoms with E-state index in [1.54, 1.807) is 31.4 Å². The Labute approximate surface area is 124 Å². The number of rotatable bonds is 3. The highest BCUT2D eigenvalue weighted by Gasteiger charge is 2.11. The molecule has 0 atom stereocenters. The summed E-state index contributed by atoms with van der Waals surface area (Å²) in [5, 5.41) is 11.1. The summed E-state index contributed by atoms with van der Waals surface area (Å²) in [5.41, 5.74) is 0.583. The minimum atomic E-state index is 0.381. The third-order valence-electron chi connectivity index (χ3n) is 2.60. The van der Waals surface area contributed by atoms with Crippen molar-refractivity contribution in [3.8, 4) is 11.6 Å². The van der Waals surface area contributed by atoms with Gasteiger partial charge < -0.3 is 10.1 Å². The summed E-state index contributed by atoms with van der Waals surface area (Å²) >= 11 is 11.8. The first-order valence-corrected chi connectivity index (χ1v) is 6.45. The molecular formula is C12H9Cl2N5O. The van der Waals surface area contributed by atoms with Gasteiger partial charge in [-0.2, -0.15) is 15.1 Å². The molecule has 3 rings (SSSR count). The van der Waals surface area contributed by atoms with Crippen LogP contribution in [0.3, 0.4) is 0 Å². The third kappa shape index (κ3) is 2.35. The Morgan fingerprint density at radius 2 is 2.05 bits per heavy atom. The van der Waals surface area contributed by atoms with Crippen molar-refractivity contribution in [3.63, 3.8) is 0 Å². The van der Waals surface area contributed by atoms with Crippen LogP contribution in [0, 0.1) is 0 Å². The summed E-state index contributed by atoms with van der Waals surface area (Å²) < 4.78 is 5.73. The Bertz CT molecular complexity index is 774. The maximum atomic E-state index is 5.96. The number of fused-ring (bicyclic) bond motifs is 1. The van der Waals surface area contributed by atoms with E-state index in [2.05, 4.69) is 25.5 Å². The molecule has 2 heterocycles. The van der Waals surface area contributed by atoms with Crippen molar-refractivity contribution in [1.82, 2.24) is 20.2 Å². The van der Waals surface area contributed by atoms with Crippen LogP contribution in [0.5, 0.6) is 11.6 Å². The molecular weight excluding hydrogens is 301 g/mol. The van der Waals surface area contributed by atoms with Crippen LogP contribution in [0.25, 0.3) is 11.0 Å². The molecule has 3 aromatic rings. The molecule has 0 saturated heterocycles. The molecule has 2 N–H and O–H groups in total. The summed E-state index contributed by atoms with van der Waals surface area (Å²) in [5.74, 6) is 1.34. The zero-order valence-corrected chi connectivity index (χ0v) is 11.8. The van der Waals surface area contributed by atoms with Crippen molar-refractivity contribution in [2.45, 2.75) is 0 Å². The molecule has 0 spiro atoms. The van der Waals surface area contributed by atoms with Gasteiger partial charge in [0.05, 0.1) is 16.2 Å². The van der Waals surface area contributed by atoms with E-state index in [-0.39, 0.29) is 0 Å². The minimum Gasteiger partial charge on any atom is -0.438 e. The van der Waals surface area contributed by atoms with Crippen molar-refractivity contribution in [3.05, 3.63) is 34.4 Å². The lowest BCUT2D eigenvalue weighted by molar-refractivity contribution is 0.469. The number of nitrogens with zero attached hydrogens (tertiary/aromatic N) is 3. The van der Waals surface area contributed by atoms with Crippen molar-refractivity contribution in [2.75, 3.05) is 12.4 Å². The maximum Gasteiger partial charge on any atom is 0.235 e. The van der Waals surface area contributed by atoms with Crippen molar-refractivity contribution in [1.29, 1.82) is 0 Å². The highest BCUT2D eigenvalue weighted by Crippen LogP contribution is 2.31. The second kappa shape index (κ2) is 5.15. The SMILES string of the molecule is CNc1nc(Oc2ccc(Cl)c(Cl)c2)c2cn[nH]c2n1. The first kappa shape index (κ1) is 13.0. The molecule has 0 bridgehead atoms. The number of benzene rings is 1. The van der Waals surface area contributed by atoms with E-state index in [4.69, 9.17) is 27.9 Å². The number of nitrogens with one attached hydrogen (secondary N) is 2. The van der Waals surface area contributed by atoms with Crippen LogP contribution in [-0.2, 0) is 0 Å². The van der Waals surface area contributed by atoms with Gasteiger partial charge in [-0.15, -0.1) is 0 Å². The zero-order valence-electron chi connectivity index (χ0n) is 10.3. The predicted octanol–water partition coefficient (Wildman–Crippen LogP) is 3.49. The van der Waals surface area contributed by atoms with Crippen molar-refractivity contribution < 1.29 is 4.74 Å². The van der Waals surface area contributed by atoms with Gasteiger partial charge in [0.1, 0.15) is 11.1 Å². The number of hydrogen-bond acceptors (Lipinski definition) is 5. The molecule has 0 amide bonds. The monoisotopic (exact) mass is 309 g/mol. The Hall–Kier alpha value is -2.05. The predicted molar refractivity (Wildman–Crippen MR) is 77.8 cm³/mol. The van der Waals surface area contributed by atoms with E-state index >= 15 is 0 Å². The topological polar surface area (TPSA) is 75.7 Å². The highest BCUT2D eigenvalue weighted by molar-refractivity contribution is 6.42. The molecule has 0 fully saturated rings. The summed E-state index contributed by atoms with van der Waals surface area (Å²) in [4.78, 5) is 8.48. The maximum absolute atomic E-state index is 5.96. The van der Waals surface area contributed by atoms with Crippen LogP contribution in [0.4, 0.5) is 5.95 Å². The largest absolute Gasteiger partial charge is 0.438 e. The smallest absolute Gasteiger partial charge is 0.235 e. The van der Waals surface area contributed by atoms with E-state index in [9.17, 15) is 0 Å². The lowest BCUT2D eigenvalue weighted by Gasteiger charge is -2.08. The Balaban J connectivity index is 2.04. The van der Waals surface area contributed by atoms with Crippen molar-refractivity contribution >= 4 is 40.2 Å². The van der Waals surface area contributed by atoms with E-state index in [1.807, 2.05) is 0 Å². The fourth-order valence-corrected chi connectivity index (χ4v) is 1.94. The average Bonchev–Trinajstić information content (AvgIpc) is 2.91. The normalized spacial score (nSPS) is 10.8. The number of halogens is 2. The number of anilines is 1. The van der Waals surface area contributed by atoms with Gasteiger partial charge in [-0.3, -0.25) is 5.10 Å². The van der Waals surface area contributed by atoms with Crippen LogP contribution in [0.2, 0.25) is 10.0 Å². The van der Waals surface area contributed by atoms with Gasteiger partial charge in [0.2, 0.25) is 11.8 Å². The van der Waals surface area contributed by atoms with E-state index < -0.39 is 0 Å². The van der Waals surface area contributed by atoms with Crippen LogP contribution in [-0.4, -0.2) is 27.2 Å². The van der Waals surface area contributed by atoms with E-state index in [0.29, 0.717) is 38.7 Å². The zero-order chi connectivity index (χ0) is 14.1. The quantitative estimate of drug-likeness (QED) is 0.774. The lowest BCUT2D eigenvalue weighted by atomic mass is 10.3. The van der Waals surface area contributed by atoms with Crippen LogP contribution in [0.1, 0.15) is 0 Å². The Morgan fingerprint density at radius 3 is 2.80 bits per heavy atom. The minimum absolute atomic E-state index is 0.381. The van der Waals surface area contributed by atoms with Gasteiger partial charge in [-0.1, -0.05) is 23.2 Å². The summed E-state index contributed by atoms with van der Waals surface area (Å²) in [6, 6.07) is 4.99. The second-order valence-corrected chi connectivity index (χ2v) is 4.73. The van der Waals surface area contributed by atoms with E-state index in [1.165, 1.54) is 0 Å². The Kier molecular flexibility index (Phi) is 3.33. The fourth-order valence-electron chi connectivity index (χ4n) is 1.65. The van der Waals surface area contributed by atoms with Gasteiger partial charge in [-0.05, 0) is 12.1 Å². The summed E-state index contributed by atoms with van der Waals surface area (Å²) in [7, 11) is 1.72. The third-order valence-corrected chi connectivity index (χ3v) is 3.34. The summed E-state index contributed by atoms with van der Waals surface area (Å²) in [6.45, 7) is 0. The summed E-state index contributed by atoms with van der Waals surface area (Å²) in [6.07, 6.45) is 1.60. The molecule has 6 nitrogen and oxygen atoms in total. The average molecular weight is 310 g/mol. The molecule has 1 aromatic carbocycles.